The number of thioether (sulfide) groups is 1. The highest BCUT2D eigenvalue weighted by Crippen LogP contribution is 2.32. The average Bonchev–Trinajstić information content (AvgIpc) is 2.99. The van der Waals surface area contributed by atoms with E-state index < -0.39 is 0 Å². The maximum absolute atomic E-state index is 12.2. The fraction of sp³-hybridized carbons (Fsp3) is 0.312. The molecule has 3 rings (SSSR count). The van der Waals surface area contributed by atoms with Crippen LogP contribution in [0.5, 0.6) is 11.5 Å². The summed E-state index contributed by atoms with van der Waals surface area (Å²) in [5.74, 6) is 1.73. The van der Waals surface area contributed by atoms with Crippen molar-refractivity contribution in [3.05, 3.63) is 35.5 Å². The molecule has 0 fully saturated rings. The van der Waals surface area contributed by atoms with E-state index in [2.05, 4.69) is 15.3 Å². The number of carbonyl (C=O) groups excluding carboxylic acids is 1. The van der Waals surface area contributed by atoms with Crippen LogP contribution in [0.25, 0.3) is 0 Å². The van der Waals surface area contributed by atoms with Gasteiger partial charge in [0.05, 0.1) is 5.25 Å². The van der Waals surface area contributed by atoms with E-state index >= 15 is 0 Å². The Labute approximate surface area is 144 Å². The Bertz CT molecular complexity index is 749. The van der Waals surface area contributed by atoms with E-state index in [0.29, 0.717) is 23.3 Å². The summed E-state index contributed by atoms with van der Waals surface area (Å²) in [5.41, 5.74) is 7.42. The fourth-order valence-electron chi connectivity index (χ4n) is 2.21. The number of hydrogen-bond acceptors (Lipinski definition) is 7. The van der Waals surface area contributed by atoms with E-state index in [-0.39, 0.29) is 18.0 Å². The molecule has 24 heavy (non-hydrogen) atoms. The number of fused-ring (bicyclic) bond motifs is 1. The summed E-state index contributed by atoms with van der Waals surface area (Å²) in [4.78, 5) is 20.7. The minimum absolute atomic E-state index is 0.0960. The molecular weight excluding hydrogens is 328 g/mol. The predicted molar refractivity (Wildman–Crippen MR) is 90.9 cm³/mol. The van der Waals surface area contributed by atoms with Gasteiger partial charge in [-0.2, -0.15) is 0 Å². The highest BCUT2D eigenvalue weighted by atomic mass is 32.2. The monoisotopic (exact) mass is 346 g/mol. The number of aryl methyl sites for hydroxylation is 1. The Morgan fingerprint density at radius 2 is 2.12 bits per heavy atom. The highest BCUT2D eigenvalue weighted by Gasteiger charge is 2.17. The standard InChI is InChI=1S/C16H18N4O3S/c1-9-5-14(17)20-16(19-9)24-10(2)15(21)18-7-11-3-4-12-13(6-11)23-8-22-12/h3-6,10H,7-8H2,1-2H3,(H,18,21)(H2,17,19,20). The van der Waals surface area contributed by atoms with Gasteiger partial charge in [-0.3, -0.25) is 4.79 Å². The van der Waals surface area contributed by atoms with Crippen LogP contribution in [0.3, 0.4) is 0 Å². The summed E-state index contributed by atoms with van der Waals surface area (Å²) in [6.07, 6.45) is 0. The number of aromatic nitrogens is 2. The van der Waals surface area contributed by atoms with E-state index in [1.165, 1.54) is 11.8 Å². The van der Waals surface area contributed by atoms with E-state index in [1.807, 2.05) is 32.0 Å². The van der Waals surface area contributed by atoms with E-state index in [4.69, 9.17) is 15.2 Å². The second kappa shape index (κ2) is 6.96. The molecule has 8 heteroatoms. The molecule has 2 heterocycles. The summed E-state index contributed by atoms with van der Waals surface area (Å²) in [5, 5.41) is 3.06. The van der Waals surface area contributed by atoms with E-state index in [9.17, 15) is 4.79 Å². The third kappa shape index (κ3) is 3.88. The van der Waals surface area contributed by atoms with Gasteiger partial charge in [0.25, 0.3) is 0 Å². The van der Waals surface area contributed by atoms with Gasteiger partial charge >= 0.3 is 0 Å². The first-order valence-corrected chi connectivity index (χ1v) is 8.33. The molecule has 3 N–H and O–H groups in total. The number of nitrogens with zero attached hydrogens (tertiary/aromatic N) is 2. The second-order valence-corrected chi connectivity index (χ2v) is 6.69. The molecule has 1 aliphatic heterocycles. The number of benzene rings is 1. The molecule has 0 spiro atoms. The zero-order chi connectivity index (χ0) is 17.1. The van der Waals surface area contributed by atoms with Gasteiger partial charge in [0.2, 0.25) is 12.7 Å². The second-order valence-electron chi connectivity index (χ2n) is 5.38. The normalized spacial score (nSPS) is 13.6. The van der Waals surface area contributed by atoms with Gasteiger partial charge < -0.3 is 20.5 Å². The van der Waals surface area contributed by atoms with Crippen LogP contribution >= 0.6 is 11.8 Å². The number of nitrogens with one attached hydrogen (secondary N) is 1. The number of carbonyl (C=O) groups is 1. The molecule has 1 unspecified atom stereocenters. The van der Waals surface area contributed by atoms with Crippen LogP contribution in [-0.2, 0) is 11.3 Å². The number of rotatable bonds is 5. The van der Waals surface area contributed by atoms with Crippen LogP contribution in [0.4, 0.5) is 5.82 Å². The Morgan fingerprint density at radius 3 is 2.92 bits per heavy atom. The molecule has 1 amide bonds. The van der Waals surface area contributed by atoms with Gasteiger partial charge in [-0.25, -0.2) is 9.97 Å². The lowest BCUT2D eigenvalue weighted by Gasteiger charge is -2.12. The summed E-state index contributed by atoms with van der Waals surface area (Å²) < 4.78 is 10.6. The Hall–Kier alpha value is -2.48. The van der Waals surface area contributed by atoms with Crippen molar-refractivity contribution in [1.82, 2.24) is 15.3 Å². The van der Waals surface area contributed by atoms with Crippen molar-refractivity contribution in [2.75, 3.05) is 12.5 Å². The molecule has 0 radical (unpaired) electrons. The van der Waals surface area contributed by atoms with Gasteiger partial charge in [0.15, 0.2) is 16.7 Å². The van der Waals surface area contributed by atoms with Crippen molar-refractivity contribution >= 4 is 23.5 Å². The average molecular weight is 346 g/mol. The number of anilines is 1. The highest BCUT2D eigenvalue weighted by molar-refractivity contribution is 8.00. The van der Waals surface area contributed by atoms with Gasteiger partial charge in [0, 0.05) is 18.3 Å². The van der Waals surface area contributed by atoms with Crippen LogP contribution in [0, 0.1) is 6.92 Å². The van der Waals surface area contributed by atoms with Gasteiger partial charge in [-0.15, -0.1) is 0 Å². The minimum Gasteiger partial charge on any atom is -0.454 e. The smallest absolute Gasteiger partial charge is 0.233 e. The van der Waals surface area contributed by atoms with E-state index in [0.717, 1.165) is 17.0 Å². The zero-order valence-corrected chi connectivity index (χ0v) is 14.2. The first-order valence-electron chi connectivity index (χ1n) is 7.45. The molecule has 1 aromatic carbocycles. The maximum Gasteiger partial charge on any atom is 0.233 e. The lowest BCUT2D eigenvalue weighted by Crippen LogP contribution is -2.30. The van der Waals surface area contributed by atoms with Crippen molar-refractivity contribution in [3.8, 4) is 11.5 Å². The van der Waals surface area contributed by atoms with Gasteiger partial charge in [-0.05, 0) is 31.5 Å². The molecular formula is C16H18N4O3S. The van der Waals surface area contributed by atoms with Crippen LogP contribution < -0.4 is 20.5 Å². The first-order chi connectivity index (χ1) is 11.5. The zero-order valence-electron chi connectivity index (χ0n) is 13.4. The molecule has 0 aliphatic carbocycles. The van der Waals surface area contributed by atoms with Crippen molar-refractivity contribution in [1.29, 1.82) is 0 Å². The molecule has 1 aromatic heterocycles. The van der Waals surface area contributed by atoms with Crippen molar-refractivity contribution < 1.29 is 14.3 Å². The molecule has 0 saturated heterocycles. The number of nitrogen functional groups attached to an aromatic ring is 1. The van der Waals surface area contributed by atoms with Gasteiger partial charge in [0.1, 0.15) is 5.82 Å². The van der Waals surface area contributed by atoms with Crippen molar-refractivity contribution in [3.63, 3.8) is 0 Å². The van der Waals surface area contributed by atoms with E-state index in [1.54, 1.807) is 6.07 Å². The molecule has 2 aromatic rings. The number of ether oxygens (including phenoxy) is 2. The Kier molecular flexibility index (Phi) is 4.75. The SMILES string of the molecule is Cc1cc(N)nc(SC(C)C(=O)NCc2ccc3c(c2)OCO3)n1. The maximum atomic E-state index is 12.2. The molecule has 1 atom stereocenters. The molecule has 1 aliphatic rings. The summed E-state index contributed by atoms with van der Waals surface area (Å²) in [7, 11) is 0. The lowest BCUT2D eigenvalue weighted by atomic mass is 10.2. The molecule has 126 valence electrons. The third-order valence-corrected chi connectivity index (χ3v) is 4.37. The van der Waals surface area contributed by atoms with Crippen LogP contribution in [0.2, 0.25) is 0 Å². The Balaban J connectivity index is 1.56. The fourth-order valence-corrected chi connectivity index (χ4v) is 3.07. The Morgan fingerprint density at radius 1 is 1.33 bits per heavy atom. The topological polar surface area (TPSA) is 99.4 Å². The first kappa shape index (κ1) is 16.4. The van der Waals surface area contributed by atoms with Crippen LogP contribution in [0.1, 0.15) is 18.2 Å². The molecule has 0 bridgehead atoms. The van der Waals surface area contributed by atoms with Crippen molar-refractivity contribution in [2.45, 2.75) is 30.8 Å². The lowest BCUT2D eigenvalue weighted by molar-refractivity contribution is -0.120. The minimum atomic E-state index is -0.333. The summed E-state index contributed by atoms with van der Waals surface area (Å²) >= 11 is 1.28. The quantitative estimate of drug-likeness (QED) is 0.630. The summed E-state index contributed by atoms with van der Waals surface area (Å²) in [6, 6.07) is 7.29. The van der Waals surface area contributed by atoms with Crippen molar-refractivity contribution in [2.24, 2.45) is 0 Å². The summed E-state index contributed by atoms with van der Waals surface area (Å²) in [6.45, 7) is 4.30. The number of hydrogen-bond donors (Lipinski definition) is 2. The predicted octanol–water partition coefficient (Wildman–Crippen LogP) is 1.89. The molecule has 7 nitrogen and oxygen atoms in total. The van der Waals surface area contributed by atoms with Gasteiger partial charge in [-0.1, -0.05) is 17.8 Å². The third-order valence-electron chi connectivity index (χ3n) is 3.41. The van der Waals surface area contributed by atoms with Crippen LogP contribution in [-0.4, -0.2) is 27.9 Å². The largest absolute Gasteiger partial charge is 0.454 e. The number of amides is 1. The van der Waals surface area contributed by atoms with Crippen LogP contribution in [0.15, 0.2) is 29.4 Å². The number of nitrogens with two attached hydrogens (primary N) is 1. The molecule has 0 saturated carbocycles.